The lowest BCUT2D eigenvalue weighted by Crippen LogP contribution is -2.56. The van der Waals surface area contributed by atoms with Crippen LogP contribution in [0, 0.1) is 27.7 Å². The largest absolute Gasteiger partial charge is 0.402 e. The number of nitrogens with one attached hydrogen (secondary N) is 1. The van der Waals surface area contributed by atoms with Crippen molar-refractivity contribution in [2.75, 3.05) is 6.54 Å². The van der Waals surface area contributed by atoms with Crippen LogP contribution in [-0.4, -0.2) is 20.9 Å². The van der Waals surface area contributed by atoms with Gasteiger partial charge in [-0.1, -0.05) is 79.4 Å². The summed E-state index contributed by atoms with van der Waals surface area (Å²) in [6.45, 7) is 21.7. The number of hydrogen-bond acceptors (Lipinski definition) is 2. The lowest BCUT2D eigenvalue weighted by molar-refractivity contribution is 0.0560. The molecule has 0 bridgehead atoms. The molecule has 0 amide bonds. The third-order valence-corrected chi connectivity index (χ3v) is 11.5. The van der Waals surface area contributed by atoms with Gasteiger partial charge in [0.15, 0.2) is 8.32 Å². The highest BCUT2D eigenvalue weighted by Gasteiger charge is 2.51. The van der Waals surface area contributed by atoms with Crippen LogP contribution in [0.3, 0.4) is 0 Å². The van der Waals surface area contributed by atoms with Crippen molar-refractivity contribution < 1.29 is 4.43 Å². The Hall–Kier alpha value is -1.42. The van der Waals surface area contributed by atoms with E-state index in [9.17, 15) is 0 Å². The summed E-state index contributed by atoms with van der Waals surface area (Å²) in [5.41, 5.74) is 7.33. The summed E-state index contributed by atoms with van der Waals surface area (Å²) in [6, 6.07) is 14.2. The van der Waals surface area contributed by atoms with Crippen LogP contribution in [-0.2, 0) is 10.0 Å². The Labute approximate surface area is 185 Å². The van der Waals surface area contributed by atoms with Gasteiger partial charge in [0.1, 0.15) is 5.60 Å². The van der Waals surface area contributed by atoms with Gasteiger partial charge in [0.05, 0.1) is 0 Å². The van der Waals surface area contributed by atoms with Crippen LogP contribution in [0.5, 0.6) is 0 Å². The van der Waals surface area contributed by atoms with E-state index in [-0.39, 0.29) is 11.1 Å². The van der Waals surface area contributed by atoms with Crippen molar-refractivity contribution in [2.24, 2.45) is 0 Å². The second-order valence-electron chi connectivity index (χ2n) is 11.0. The summed E-state index contributed by atoms with van der Waals surface area (Å²) in [5.74, 6) is 0. The van der Waals surface area contributed by atoms with Gasteiger partial charge in [-0.25, -0.2) is 0 Å². The second kappa shape index (κ2) is 8.25. The Morgan fingerprint density at radius 3 is 1.57 bits per heavy atom. The highest BCUT2D eigenvalue weighted by molar-refractivity contribution is 6.74. The molecule has 2 aromatic carbocycles. The smallest absolute Gasteiger partial charge is 0.193 e. The first-order chi connectivity index (χ1) is 13.8. The predicted octanol–water partition coefficient (Wildman–Crippen LogP) is 6.94. The van der Waals surface area contributed by atoms with E-state index >= 15 is 0 Å². The first-order valence-corrected chi connectivity index (χ1v) is 14.4. The molecule has 1 N–H and O–H groups in total. The first-order valence-electron chi connectivity index (χ1n) is 11.5. The van der Waals surface area contributed by atoms with E-state index in [4.69, 9.17) is 4.43 Å². The van der Waals surface area contributed by atoms with E-state index in [1.807, 2.05) is 0 Å². The van der Waals surface area contributed by atoms with Crippen molar-refractivity contribution in [3.63, 3.8) is 0 Å². The lowest BCUT2D eigenvalue weighted by atomic mass is 9.77. The van der Waals surface area contributed by atoms with Crippen LogP contribution in [0.15, 0.2) is 36.4 Å². The van der Waals surface area contributed by atoms with Crippen molar-refractivity contribution in [1.29, 1.82) is 0 Å². The van der Waals surface area contributed by atoms with E-state index in [0.717, 1.165) is 13.0 Å². The van der Waals surface area contributed by atoms with E-state index in [1.165, 1.54) is 39.8 Å². The van der Waals surface area contributed by atoms with Crippen molar-refractivity contribution in [3.8, 4) is 0 Å². The van der Waals surface area contributed by atoms with E-state index in [2.05, 4.69) is 103 Å². The number of rotatable bonds is 5. The fourth-order valence-corrected chi connectivity index (χ4v) is 6.21. The fourth-order valence-electron chi connectivity index (χ4n) is 4.72. The average Bonchev–Trinajstić information content (AvgIpc) is 3.11. The summed E-state index contributed by atoms with van der Waals surface area (Å²) in [7, 11) is -2.08. The maximum Gasteiger partial charge on any atom is 0.193 e. The SMILES string of the molecule is Cc1cc(C)cc(C(O[Si](C)(C)C(C)(C)C)(c2cc(C)cc(C)c2)[C@@H]2CCCN2)c1. The molecule has 0 unspecified atom stereocenters. The summed E-state index contributed by atoms with van der Waals surface area (Å²) in [4.78, 5) is 0. The fraction of sp³-hybridized carbons (Fsp3) is 0.556. The zero-order valence-electron chi connectivity index (χ0n) is 20.6. The normalized spacial score (nSPS) is 18.1. The Morgan fingerprint density at radius 2 is 1.23 bits per heavy atom. The minimum atomic E-state index is -2.08. The van der Waals surface area contributed by atoms with Gasteiger partial charge >= 0.3 is 0 Å². The summed E-state index contributed by atoms with van der Waals surface area (Å²) in [6.07, 6.45) is 2.33. The minimum Gasteiger partial charge on any atom is -0.402 e. The van der Waals surface area contributed by atoms with Crippen molar-refractivity contribution in [1.82, 2.24) is 5.32 Å². The maximum atomic E-state index is 7.54. The molecule has 1 atom stereocenters. The molecule has 164 valence electrons. The molecule has 2 nitrogen and oxygen atoms in total. The lowest BCUT2D eigenvalue weighted by Gasteiger charge is -2.49. The zero-order chi connectivity index (χ0) is 22.3. The summed E-state index contributed by atoms with van der Waals surface area (Å²) >= 11 is 0. The Balaban J connectivity index is 2.36. The molecule has 0 radical (unpaired) electrons. The molecule has 1 fully saturated rings. The van der Waals surface area contributed by atoms with Crippen molar-refractivity contribution in [3.05, 3.63) is 69.8 Å². The quantitative estimate of drug-likeness (QED) is 0.526. The van der Waals surface area contributed by atoms with Crippen molar-refractivity contribution in [2.45, 2.75) is 91.1 Å². The zero-order valence-corrected chi connectivity index (χ0v) is 21.6. The van der Waals surface area contributed by atoms with Gasteiger partial charge in [0.2, 0.25) is 0 Å². The molecule has 0 saturated carbocycles. The average molecular weight is 424 g/mol. The van der Waals surface area contributed by atoms with Gasteiger partial charge in [0.25, 0.3) is 0 Å². The maximum absolute atomic E-state index is 7.54. The molecule has 3 rings (SSSR count). The van der Waals surface area contributed by atoms with Crippen LogP contribution in [0.25, 0.3) is 0 Å². The van der Waals surface area contributed by atoms with Gasteiger partial charge in [-0.2, -0.15) is 0 Å². The minimum absolute atomic E-state index is 0.134. The van der Waals surface area contributed by atoms with Gasteiger partial charge in [-0.3, -0.25) is 0 Å². The Kier molecular flexibility index (Phi) is 6.40. The van der Waals surface area contributed by atoms with Crippen LogP contribution in [0.2, 0.25) is 18.1 Å². The molecule has 0 spiro atoms. The molecule has 0 aromatic heterocycles. The molecule has 3 heteroatoms. The van der Waals surface area contributed by atoms with E-state index in [1.54, 1.807) is 0 Å². The number of hydrogen-bond donors (Lipinski definition) is 1. The second-order valence-corrected chi connectivity index (χ2v) is 15.7. The van der Waals surface area contributed by atoms with Gasteiger partial charge in [0, 0.05) is 6.04 Å². The third-order valence-electron chi connectivity index (χ3n) is 7.07. The van der Waals surface area contributed by atoms with Crippen molar-refractivity contribution >= 4 is 8.32 Å². The van der Waals surface area contributed by atoms with E-state index < -0.39 is 13.9 Å². The molecule has 0 aliphatic carbocycles. The van der Waals surface area contributed by atoms with Crippen LogP contribution in [0.1, 0.15) is 67.0 Å². The highest BCUT2D eigenvalue weighted by Crippen LogP contribution is 2.48. The third kappa shape index (κ3) is 4.44. The van der Waals surface area contributed by atoms with Crippen LogP contribution < -0.4 is 5.32 Å². The standard InChI is InChI=1S/C27H41NOSi/c1-19-13-20(2)16-23(15-19)27(25-11-10-12-28-25,29-30(8,9)26(5,6)7)24-17-21(3)14-22(4)18-24/h13-18,25,28H,10-12H2,1-9H3/t25-/m0/s1. The van der Waals surface area contributed by atoms with Gasteiger partial charge in [-0.15, -0.1) is 0 Å². The summed E-state index contributed by atoms with van der Waals surface area (Å²) < 4.78 is 7.54. The number of aryl methyl sites for hydroxylation is 4. The van der Waals surface area contributed by atoms with Gasteiger partial charge < -0.3 is 9.74 Å². The Bertz CT molecular complexity index is 812. The first kappa shape index (κ1) is 23.2. The monoisotopic (exact) mass is 423 g/mol. The Morgan fingerprint density at radius 1 is 0.800 bits per heavy atom. The molecular weight excluding hydrogens is 382 g/mol. The van der Waals surface area contributed by atoms with Crippen LogP contribution in [0.4, 0.5) is 0 Å². The molecule has 1 aliphatic heterocycles. The molecule has 30 heavy (non-hydrogen) atoms. The van der Waals surface area contributed by atoms with Crippen LogP contribution >= 0.6 is 0 Å². The molecular formula is C27H41NOSi. The highest BCUT2D eigenvalue weighted by atomic mass is 28.4. The summed E-state index contributed by atoms with van der Waals surface area (Å²) in [5, 5.41) is 3.98. The molecule has 2 aromatic rings. The molecule has 1 aliphatic rings. The van der Waals surface area contributed by atoms with Gasteiger partial charge in [-0.05, 0) is 76.3 Å². The molecule has 1 heterocycles. The van der Waals surface area contributed by atoms with E-state index in [0.29, 0.717) is 0 Å². The number of benzene rings is 2. The topological polar surface area (TPSA) is 21.3 Å². The molecule has 1 saturated heterocycles. The predicted molar refractivity (Wildman–Crippen MR) is 132 cm³/mol.